The first-order chi connectivity index (χ1) is 7.77. The molecular formula is C13H20BrNO. The average molecular weight is 286 g/mol. The van der Waals surface area contributed by atoms with Crippen molar-refractivity contribution in [1.29, 1.82) is 0 Å². The van der Waals surface area contributed by atoms with Gasteiger partial charge in [-0.2, -0.15) is 0 Å². The summed E-state index contributed by atoms with van der Waals surface area (Å²) in [6, 6.07) is 8.33. The molecule has 1 atom stereocenters. The molecule has 0 aliphatic carbocycles. The number of unbranched alkanes of at least 4 members (excludes halogenated alkanes) is 1. The number of hydrogen-bond acceptors (Lipinski definition) is 2. The number of benzene rings is 1. The van der Waals surface area contributed by atoms with Crippen LogP contribution in [0.15, 0.2) is 28.7 Å². The maximum atomic E-state index is 5.87. The summed E-state index contributed by atoms with van der Waals surface area (Å²) in [6.07, 6.45) is 2.45. The lowest BCUT2D eigenvalue weighted by Crippen LogP contribution is -2.20. The van der Waals surface area contributed by atoms with E-state index in [9.17, 15) is 0 Å². The first-order valence-corrected chi connectivity index (χ1v) is 6.59. The first kappa shape index (κ1) is 13.7. The molecule has 0 fully saturated rings. The van der Waals surface area contributed by atoms with E-state index in [1.807, 2.05) is 7.05 Å². The summed E-state index contributed by atoms with van der Waals surface area (Å²) in [7, 11) is 1.95. The van der Waals surface area contributed by atoms with E-state index < -0.39 is 0 Å². The van der Waals surface area contributed by atoms with Gasteiger partial charge in [0.15, 0.2) is 0 Å². The van der Waals surface area contributed by atoms with Crippen LogP contribution in [0.3, 0.4) is 0 Å². The Hall–Kier alpha value is -0.380. The van der Waals surface area contributed by atoms with E-state index in [1.165, 1.54) is 12.0 Å². The molecular weight excluding hydrogens is 266 g/mol. The summed E-state index contributed by atoms with van der Waals surface area (Å²) in [5.41, 5.74) is 1.23. The number of likely N-dealkylation sites (N-methyl/N-ethyl adjacent to an activating group) is 1. The highest BCUT2D eigenvalue weighted by atomic mass is 79.9. The minimum Gasteiger partial charge on any atom is -0.372 e. The molecule has 3 heteroatoms. The van der Waals surface area contributed by atoms with Crippen LogP contribution in [0.5, 0.6) is 0 Å². The SMILES string of the molecule is CCCCOC(CNC)c1ccc(Br)cc1. The zero-order valence-electron chi connectivity index (χ0n) is 10.0. The van der Waals surface area contributed by atoms with Gasteiger partial charge in [-0.3, -0.25) is 0 Å². The van der Waals surface area contributed by atoms with Crippen LogP contribution in [0, 0.1) is 0 Å². The van der Waals surface area contributed by atoms with Crippen molar-refractivity contribution in [2.45, 2.75) is 25.9 Å². The van der Waals surface area contributed by atoms with Crippen LogP contribution in [-0.2, 0) is 4.74 Å². The van der Waals surface area contributed by atoms with Gasteiger partial charge in [-0.25, -0.2) is 0 Å². The second-order valence-electron chi connectivity index (χ2n) is 3.82. The third-order valence-corrected chi connectivity index (χ3v) is 2.98. The normalized spacial score (nSPS) is 12.7. The molecule has 0 saturated carbocycles. The predicted molar refractivity (Wildman–Crippen MR) is 71.7 cm³/mol. The zero-order valence-corrected chi connectivity index (χ0v) is 11.6. The Balaban J connectivity index is 2.57. The summed E-state index contributed by atoms with van der Waals surface area (Å²) < 4.78 is 6.98. The summed E-state index contributed by atoms with van der Waals surface area (Å²) in [4.78, 5) is 0. The molecule has 16 heavy (non-hydrogen) atoms. The highest BCUT2D eigenvalue weighted by Gasteiger charge is 2.10. The van der Waals surface area contributed by atoms with Gasteiger partial charge in [0, 0.05) is 17.6 Å². The van der Waals surface area contributed by atoms with Crippen LogP contribution in [0.2, 0.25) is 0 Å². The van der Waals surface area contributed by atoms with Crippen LogP contribution < -0.4 is 5.32 Å². The van der Waals surface area contributed by atoms with Gasteiger partial charge in [0.2, 0.25) is 0 Å². The van der Waals surface area contributed by atoms with Crippen LogP contribution in [0.1, 0.15) is 31.4 Å². The Labute approximate surface area is 107 Å². The average Bonchev–Trinajstić information content (AvgIpc) is 2.29. The van der Waals surface area contributed by atoms with Crippen LogP contribution in [-0.4, -0.2) is 20.2 Å². The van der Waals surface area contributed by atoms with Crippen LogP contribution in [0.4, 0.5) is 0 Å². The maximum absolute atomic E-state index is 5.87. The van der Waals surface area contributed by atoms with Crippen molar-refractivity contribution in [3.05, 3.63) is 34.3 Å². The third kappa shape index (κ3) is 4.64. The largest absolute Gasteiger partial charge is 0.372 e. The molecule has 0 heterocycles. The molecule has 0 aliphatic heterocycles. The Morgan fingerprint density at radius 3 is 2.56 bits per heavy atom. The van der Waals surface area contributed by atoms with E-state index in [1.54, 1.807) is 0 Å². The Bertz CT molecular complexity index is 286. The third-order valence-electron chi connectivity index (χ3n) is 2.45. The summed E-state index contributed by atoms with van der Waals surface area (Å²) in [5, 5.41) is 3.17. The molecule has 0 radical (unpaired) electrons. The Kier molecular flexibility index (Phi) is 6.69. The second kappa shape index (κ2) is 7.82. The molecule has 1 aromatic rings. The molecule has 1 unspecified atom stereocenters. The van der Waals surface area contributed by atoms with Gasteiger partial charge in [0.1, 0.15) is 0 Å². The van der Waals surface area contributed by atoms with Crippen molar-refractivity contribution < 1.29 is 4.74 Å². The lowest BCUT2D eigenvalue weighted by Gasteiger charge is -2.18. The number of rotatable bonds is 7. The number of ether oxygens (including phenoxy) is 1. The van der Waals surface area contributed by atoms with Crippen LogP contribution in [0.25, 0.3) is 0 Å². The molecule has 0 amide bonds. The fraction of sp³-hybridized carbons (Fsp3) is 0.538. The summed E-state index contributed by atoms with van der Waals surface area (Å²) in [6.45, 7) is 3.86. The lowest BCUT2D eigenvalue weighted by atomic mass is 10.1. The van der Waals surface area contributed by atoms with Crippen molar-refractivity contribution in [2.24, 2.45) is 0 Å². The van der Waals surface area contributed by atoms with E-state index in [-0.39, 0.29) is 6.10 Å². The molecule has 0 spiro atoms. The molecule has 0 aliphatic rings. The predicted octanol–water partition coefficient (Wildman–Crippen LogP) is 3.53. The highest BCUT2D eigenvalue weighted by Crippen LogP contribution is 2.19. The topological polar surface area (TPSA) is 21.3 Å². The fourth-order valence-corrected chi connectivity index (χ4v) is 1.77. The molecule has 0 bridgehead atoms. The van der Waals surface area contributed by atoms with Crippen LogP contribution >= 0.6 is 15.9 Å². The monoisotopic (exact) mass is 285 g/mol. The van der Waals surface area contributed by atoms with Crippen molar-refractivity contribution in [3.8, 4) is 0 Å². The van der Waals surface area contributed by atoms with Crippen molar-refractivity contribution in [2.75, 3.05) is 20.2 Å². The van der Waals surface area contributed by atoms with Gasteiger partial charge in [-0.05, 0) is 31.2 Å². The van der Waals surface area contributed by atoms with Gasteiger partial charge in [-0.1, -0.05) is 41.4 Å². The van der Waals surface area contributed by atoms with Crippen molar-refractivity contribution >= 4 is 15.9 Å². The molecule has 90 valence electrons. The Morgan fingerprint density at radius 1 is 1.31 bits per heavy atom. The van der Waals surface area contributed by atoms with Gasteiger partial charge in [0.25, 0.3) is 0 Å². The Morgan fingerprint density at radius 2 is 2.00 bits per heavy atom. The number of nitrogens with one attached hydrogen (secondary N) is 1. The van der Waals surface area contributed by atoms with Gasteiger partial charge < -0.3 is 10.1 Å². The molecule has 0 aromatic heterocycles. The van der Waals surface area contributed by atoms with E-state index >= 15 is 0 Å². The summed E-state index contributed by atoms with van der Waals surface area (Å²) >= 11 is 3.44. The summed E-state index contributed by atoms with van der Waals surface area (Å²) in [5.74, 6) is 0. The second-order valence-corrected chi connectivity index (χ2v) is 4.74. The first-order valence-electron chi connectivity index (χ1n) is 5.79. The number of halogens is 1. The standard InChI is InChI=1S/C13H20BrNO/c1-3-4-9-16-13(10-15-2)11-5-7-12(14)8-6-11/h5-8,13,15H,3-4,9-10H2,1-2H3. The fourth-order valence-electron chi connectivity index (χ4n) is 1.51. The van der Waals surface area contributed by atoms with E-state index in [4.69, 9.17) is 4.74 Å². The van der Waals surface area contributed by atoms with E-state index in [0.717, 1.165) is 24.0 Å². The zero-order chi connectivity index (χ0) is 11.8. The van der Waals surface area contributed by atoms with Gasteiger partial charge in [-0.15, -0.1) is 0 Å². The quantitative estimate of drug-likeness (QED) is 0.774. The number of hydrogen-bond donors (Lipinski definition) is 1. The minimum absolute atomic E-state index is 0.157. The van der Waals surface area contributed by atoms with Gasteiger partial charge in [0.05, 0.1) is 6.10 Å². The van der Waals surface area contributed by atoms with E-state index in [0.29, 0.717) is 0 Å². The molecule has 2 nitrogen and oxygen atoms in total. The van der Waals surface area contributed by atoms with E-state index in [2.05, 4.69) is 52.4 Å². The highest BCUT2D eigenvalue weighted by molar-refractivity contribution is 9.10. The maximum Gasteiger partial charge on any atom is 0.0949 e. The molecule has 0 saturated heterocycles. The smallest absolute Gasteiger partial charge is 0.0949 e. The molecule has 1 aromatic carbocycles. The minimum atomic E-state index is 0.157. The molecule has 1 N–H and O–H groups in total. The molecule has 1 rings (SSSR count). The van der Waals surface area contributed by atoms with Gasteiger partial charge >= 0.3 is 0 Å². The van der Waals surface area contributed by atoms with Crippen molar-refractivity contribution in [1.82, 2.24) is 5.32 Å². The van der Waals surface area contributed by atoms with Crippen molar-refractivity contribution in [3.63, 3.8) is 0 Å². The lowest BCUT2D eigenvalue weighted by molar-refractivity contribution is 0.0519.